The number of ether oxygens (including phenoxy) is 1. The van der Waals surface area contributed by atoms with Gasteiger partial charge in [0.05, 0.1) is 23.3 Å². The topological polar surface area (TPSA) is 38.7 Å². The van der Waals surface area contributed by atoms with E-state index in [4.69, 9.17) is 0 Å². The van der Waals surface area contributed by atoms with Crippen LogP contribution in [0.5, 0.6) is 0 Å². The number of aliphatic imine (C=N–C) groups is 1. The molecule has 68 valence electrons. The highest BCUT2D eigenvalue weighted by atomic mass is 127. The monoisotopic (exact) mass is 281 g/mol. The summed E-state index contributed by atoms with van der Waals surface area (Å²) in [4.78, 5) is 15.3. The number of hydrogen-bond acceptors (Lipinski definition) is 3. The number of methoxy groups -OCH3 is 1. The van der Waals surface area contributed by atoms with Crippen LogP contribution in [0.1, 0.15) is 19.3 Å². The predicted octanol–water partition coefficient (Wildman–Crippen LogP) is 1.79. The van der Waals surface area contributed by atoms with Gasteiger partial charge in [0.1, 0.15) is 0 Å². The van der Waals surface area contributed by atoms with E-state index in [1.807, 2.05) is 0 Å². The molecule has 3 nitrogen and oxygen atoms in total. The minimum absolute atomic E-state index is 0.0823. The molecule has 1 aliphatic rings. The average molecular weight is 281 g/mol. The number of carbonyl (C=O) groups is 1. The molecule has 0 amide bonds. The zero-order valence-electron chi connectivity index (χ0n) is 7.00. The van der Waals surface area contributed by atoms with E-state index in [0.29, 0.717) is 6.04 Å². The molecule has 0 bridgehead atoms. The van der Waals surface area contributed by atoms with Crippen LogP contribution in [-0.4, -0.2) is 23.3 Å². The Hall–Kier alpha value is -0.130. The Kier molecular flexibility index (Phi) is 3.97. The third-order valence-corrected chi connectivity index (χ3v) is 2.53. The second-order valence-corrected chi connectivity index (χ2v) is 3.49. The van der Waals surface area contributed by atoms with E-state index in [-0.39, 0.29) is 11.9 Å². The molecule has 0 heterocycles. The second kappa shape index (κ2) is 4.79. The Morgan fingerprint density at radius 2 is 2.42 bits per heavy atom. The molecule has 0 aromatic heterocycles. The van der Waals surface area contributed by atoms with Crippen LogP contribution in [0.25, 0.3) is 0 Å². The molecule has 12 heavy (non-hydrogen) atoms. The average Bonchev–Trinajstić information content (AvgIpc) is 2.52. The minimum atomic E-state index is -0.0823. The molecule has 1 rings (SSSR count). The third-order valence-electron chi connectivity index (χ3n) is 2.21. The number of nitrogens with zero attached hydrogens (tertiary/aromatic N) is 1. The fourth-order valence-corrected chi connectivity index (χ4v) is 2.01. The molecule has 4 heteroatoms. The number of carbonyl (C=O) groups excluding carboxylic acids is 1. The Labute approximate surface area is 85.7 Å². The first kappa shape index (κ1) is 9.95. The fourth-order valence-electron chi connectivity index (χ4n) is 1.55. The van der Waals surface area contributed by atoms with Crippen LogP contribution < -0.4 is 0 Å². The molecule has 0 aromatic carbocycles. The maximum Gasteiger partial charge on any atom is 0.308 e. The van der Waals surface area contributed by atoms with Crippen LogP contribution in [0.3, 0.4) is 0 Å². The number of halogens is 1. The first-order valence-electron chi connectivity index (χ1n) is 3.97. The summed E-state index contributed by atoms with van der Waals surface area (Å²) in [5.74, 6) is 0.00116. The van der Waals surface area contributed by atoms with Gasteiger partial charge in [0, 0.05) is 0 Å². The Morgan fingerprint density at radius 3 is 3.00 bits per heavy atom. The summed E-state index contributed by atoms with van der Waals surface area (Å²) in [5, 5.41) is 0. The quantitative estimate of drug-likeness (QED) is 0.440. The molecule has 0 spiro atoms. The van der Waals surface area contributed by atoms with Crippen molar-refractivity contribution < 1.29 is 9.53 Å². The molecule has 2 atom stereocenters. The van der Waals surface area contributed by atoms with Crippen LogP contribution in [-0.2, 0) is 9.53 Å². The summed E-state index contributed by atoms with van der Waals surface area (Å²) in [6.45, 7) is 0. The SMILES string of the molecule is COC(=O)[C@H]1CCC(/N=C\I)C1. The van der Waals surface area contributed by atoms with Crippen LogP contribution in [0.15, 0.2) is 4.99 Å². The van der Waals surface area contributed by atoms with Crippen molar-refractivity contribution in [2.45, 2.75) is 25.3 Å². The van der Waals surface area contributed by atoms with E-state index in [9.17, 15) is 4.79 Å². The van der Waals surface area contributed by atoms with Gasteiger partial charge in [-0.3, -0.25) is 9.79 Å². The van der Waals surface area contributed by atoms with Crippen LogP contribution >= 0.6 is 22.6 Å². The van der Waals surface area contributed by atoms with E-state index in [1.54, 1.807) is 4.22 Å². The van der Waals surface area contributed by atoms with Gasteiger partial charge < -0.3 is 4.74 Å². The van der Waals surface area contributed by atoms with Crippen LogP contribution in [0.4, 0.5) is 0 Å². The highest BCUT2D eigenvalue weighted by Crippen LogP contribution is 2.28. The van der Waals surface area contributed by atoms with Gasteiger partial charge >= 0.3 is 5.97 Å². The number of rotatable bonds is 2. The second-order valence-electron chi connectivity index (χ2n) is 2.93. The zero-order valence-corrected chi connectivity index (χ0v) is 9.15. The van der Waals surface area contributed by atoms with Gasteiger partial charge in [-0.25, -0.2) is 0 Å². The van der Waals surface area contributed by atoms with Crippen LogP contribution in [0.2, 0.25) is 0 Å². The molecular formula is C8H12INO2. The normalized spacial score (nSPS) is 29.5. The Morgan fingerprint density at radius 1 is 1.67 bits per heavy atom. The third kappa shape index (κ3) is 2.43. The number of hydrogen-bond donors (Lipinski definition) is 0. The summed E-state index contributed by atoms with van der Waals surface area (Å²) in [6, 6.07) is 0.339. The van der Waals surface area contributed by atoms with Crippen LogP contribution in [0, 0.1) is 5.92 Å². The lowest BCUT2D eigenvalue weighted by Crippen LogP contribution is -2.13. The van der Waals surface area contributed by atoms with Gasteiger partial charge in [-0.15, -0.1) is 0 Å². The van der Waals surface area contributed by atoms with E-state index in [1.165, 1.54) is 7.11 Å². The molecular weight excluding hydrogens is 269 g/mol. The highest BCUT2D eigenvalue weighted by Gasteiger charge is 2.29. The van der Waals surface area contributed by atoms with E-state index >= 15 is 0 Å². The molecule has 1 saturated carbocycles. The van der Waals surface area contributed by atoms with E-state index in [0.717, 1.165) is 19.3 Å². The first-order valence-corrected chi connectivity index (χ1v) is 5.22. The molecule has 1 aliphatic carbocycles. The van der Waals surface area contributed by atoms with Crippen molar-refractivity contribution in [2.75, 3.05) is 7.11 Å². The predicted molar refractivity (Wildman–Crippen MR) is 55.7 cm³/mol. The zero-order chi connectivity index (χ0) is 8.97. The standard InChI is InChI=1S/C8H12INO2/c1-12-8(11)6-2-3-7(4-6)10-5-9/h5-7H,2-4H2,1H3/b10-5-/t6-,7?/m0/s1. The molecule has 0 N–H and O–H groups in total. The summed E-state index contributed by atoms with van der Waals surface area (Å²) < 4.78 is 6.45. The van der Waals surface area contributed by atoms with Gasteiger partial charge in [0.25, 0.3) is 0 Å². The maximum atomic E-state index is 11.1. The van der Waals surface area contributed by atoms with E-state index < -0.39 is 0 Å². The molecule has 0 saturated heterocycles. The van der Waals surface area contributed by atoms with Crippen molar-refractivity contribution in [3.8, 4) is 0 Å². The molecule has 1 unspecified atom stereocenters. The lowest BCUT2D eigenvalue weighted by molar-refractivity contribution is -0.145. The fraction of sp³-hybridized carbons (Fsp3) is 0.750. The minimum Gasteiger partial charge on any atom is -0.469 e. The molecule has 0 radical (unpaired) electrons. The van der Waals surface area contributed by atoms with Gasteiger partial charge in [-0.2, -0.15) is 0 Å². The molecule has 0 aromatic rings. The van der Waals surface area contributed by atoms with Crippen molar-refractivity contribution in [3.05, 3.63) is 0 Å². The highest BCUT2D eigenvalue weighted by molar-refractivity contribution is 14.1. The summed E-state index contributed by atoms with van der Waals surface area (Å²) in [6.07, 6.45) is 2.79. The summed E-state index contributed by atoms with van der Waals surface area (Å²) in [7, 11) is 1.44. The van der Waals surface area contributed by atoms with Crippen molar-refractivity contribution >= 4 is 32.8 Å². The van der Waals surface area contributed by atoms with Crippen molar-refractivity contribution in [1.29, 1.82) is 0 Å². The van der Waals surface area contributed by atoms with Gasteiger partial charge in [0.2, 0.25) is 0 Å². The maximum absolute atomic E-state index is 11.1. The Bertz CT molecular complexity index is 193. The van der Waals surface area contributed by atoms with E-state index in [2.05, 4.69) is 32.3 Å². The lowest BCUT2D eigenvalue weighted by Gasteiger charge is -2.05. The Balaban J connectivity index is 2.40. The largest absolute Gasteiger partial charge is 0.469 e. The summed E-state index contributed by atoms with van der Waals surface area (Å²) >= 11 is 2.10. The van der Waals surface area contributed by atoms with Gasteiger partial charge in [-0.05, 0) is 41.9 Å². The number of esters is 1. The van der Waals surface area contributed by atoms with Crippen molar-refractivity contribution in [3.63, 3.8) is 0 Å². The van der Waals surface area contributed by atoms with Crippen molar-refractivity contribution in [1.82, 2.24) is 0 Å². The van der Waals surface area contributed by atoms with Gasteiger partial charge in [-0.1, -0.05) is 0 Å². The smallest absolute Gasteiger partial charge is 0.308 e. The van der Waals surface area contributed by atoms with Crippen molar-refractivity contribution in [2.24, 2.45) is 10.9 Å². The van der Waals surface area contributed by atoms with Gasteiger partial charge in [0.15, 0.2) is 0 Å². The molecule has 0 aliphatic heterocycles. The summed E-state index contributed by atoms with van der Waals surface area (Å²) in [5.41, 5.74) is 0. The molecule has 1 fully saturated rings. The lowest BCUT2D eigenvalue weighted by atomic mass is 10.1. The first-order chi connectivity index (χ1) is 5.77.